The average molecular weight is 789 g/mol. The summed E-state index contributed by atoms with van der Waals surface area (Å²) >= 11 is 0. The Morgan fingerprint density at radius 3 is 0.710 bits per heavy atom. The van der Waals surface area contributed by atoms with Crippen LogP contribution in [0.4, 0.5) is 0 Å². The van der Waals surface area contributed by atoms with Gasteiger partial charge in [0.1, 0.15) is 0 Å². The molecule has 0 saturated carbocycles. The monoisotopic (exact) mass is 788 g/mol. The van der Waals surface area contributed by atoms with E-state index in [1.807, 2.05) is 0 Å². The summed E-state index contributed by atoms with van der Waals surface area (Å²) in [6, 6.07) is 88.5. The van der Waals surface area contributed by atoms with Crippen LogP contribution in [0.1, 0.15) is 0 Å². The molecule has 0 atom stereocenters. The van der Waals surface area contributed by atoms with Gasteiger partial charge in [-0.2, -0.15) is 0 Å². The lowest BCUT2D eigenvalue weighted by atomic mass is 10.0. The van der Waals surface area contributed by atoms with Crippen LogP contribution in [0.15, 0.2) is 243 Å². The van der Waals surface area contributed by atoms with E-state index in [0.717, 1.165) is 22.5 Å². The van der Waals surface area contributed by atoms with Crippen LogP contribution in [0.3, 0.4) is 0 Å². The molecule has 2 aromatic heterocycles. The van der Waals surface area contributed by atoms with Gasteiger partial charge in [-0.3, -0.25) is 0 Å². The van der Waals surface area contributed by atoms with Crippen molar-refractivity contribution in [2.45, 2.75) is 0 Å². The molecular weight excluding hydrogens is 749 g/mol. The van der Waals surface area contributed by atoms with E-state index in [-0.39, 0.29) is 0 Å². The number of fused-ring (bicyclic) bond motifs is 6. The molecule has 0 aliphatic carbocycles. The quantitative estimate of drug-likeness (QED) is 0.152. The van der Waals surface area contributed by atoms with Gasteiger partial charge in [0.15, 0.2) is 0 Å². The molecule has 290 valence electrons. The second-order valence-corrected chi connectivity index (χ2v) is 16.1. The molecule has 0 bridgehead atoms. The first kappa shape index (κ1) is 35.7. The van der Waals surface area contributed by atoms with Crippen molar-refractivity contribution in [2.24, 2.45) is 0 Å². The maximum Gasteiger partial charge on any atom is 0.0541 e. The maximum atomic E-state index is 2.48. The van der Waals surface area contributed by atoms with Crippen LogP contribution in [0.25, 0.3) is 111 Å². The Kier molecular flexibility index (Phi) is 8.53. The van der Waals surface area contributed by atoms with Gasteiger partial charge >= 0.3 is 0 Å². The van der Waals surface area contributed by atoms with Crippen molar-refractivity contribution in [1.82, 2.24) is 9.13 Å². The molecule has 2 heterocycles. The number of rotatable bonds is 7. The van der Waals surface area contributed by atoms with Crippen LogP contribution in [0.2, 0.25) is 0 Å². The minimum absolute atomic E-state index is 1.14. The Labute approximate surface area is 360 Å². The first-order chi connectivity index (χ1) is 30.8. The molecule has 0 fully saturated rings. The third kappa shape index (κ3) is 5.96. The second kappa shape index (κ2) is 14.8. The molecule has 12 rings (SSSR count). The molecule has 12 aromatic rings. The summed E-state index contributed by atoms with van der Waals surface area (Å²) < 4.78 is 4.95. The highest BCUT2D eigenvalue weighted by molar-refractivity contribution is 6.14. The Morgan fingerprint density at radius 1 is 0.194 bits per heavy atom. The number of hydrogen-bond donors (Lipinski definition) is 0. The highest BCUT2D eigenvalue weighted by Gasteiger charge is 2.21. The SMILES string of the molecule is c1ccc(-c2ccc3c(c2)c2cc(-c4ccccc4)ccc2n3-c2ccccc2-c2ccccc2-n2c3ccc(-c4ccccc4)cc3c3cc(-c4ccccc4)ccc32)cc1. The van der Waals surface area contributed by atoms with Crippen LogP contribution >= 0.6 is 0 Å². The van der Waals surface area contributed by atoms with Gasteiger partial charge < -0.3 is 9.13 Å². The summed E-state index contributed by atoms with van der Waals surface area (Å²) in [7, 11) is 0. The van der Waals surface area contributed by atoms with Crippen LogP contribution in [0, 0.1) is 0 Å². The minimum atomic E-state index is 1.14. The van der Waals surface area contributed by atoms with E-state index >= 15 is 0 Å². The van der Waals surface area contributed by atoms with Crippen molar-refractivity contribution >= 4 is 43.6 Å². The van der Waals surface area contributed by atoms with E-state index in [1.54, 1.807) is 0 Å². The summed E-state index contributed by atoms with van der Waals surface area (Å²) in [6.07, 6.45) is 0. The predicted molar refractivity (Wildman–Crippen MR) is 262 cm³/mol. The fourth-order valence-electron chi connectivity index (χ4n) is 9.60. The number of benzene rings is 10. The van der Waals surface area contributed by atoms with Crippen molar-refractivity contribution < 1.29 is 0 Å². The van der Waals surface area contributed by atoms with Crippen molar-refractivity contribution in [3.05, 3.63) is 243 Å². The fraction of sp³-hybridized carbons (Fsp3) is 0. The Bertz CT molecular complexity index is 3160. The predicted octanol–water partition coefficient (Wildman–Crippen LogP) is 16.2. The zero-order chi connectivity index (χ0) is 41.0. The normalized spacial score (nSPS) is 11.5. The molecule has 62 heavy (non-hydrogen) atoms. The molecule has 0 aliphatic rings. The zero-order valence-corrected chi connectivity index (χ0v) is 34.0. The second-order valence-electron chi connectivity index (χ2n) is 16.1. The van der Waals surface area contributed by atoms with Crippen LogP contribution in [-0.4, -0.2) is 9.13 Å². The van der Waals surface area contributed by atoms with Gasteiger partial charge in [-0.1, -0.05) is 182 Å². The molecule has 0 spiro atoms. The Hall–Kier alpha value is -8.20. The highest BCUT2D eigenvalue weighted by Crippen LogP contribution is 2.43. The van der Waals surface area contributed by atoms with Crippen molar-refractivity contribution in [2.75, 3.05) is 0 Å². The van der Waals surface area contributed by atoms with E-state index in [2.05, 4.69) is 252 Å². The number of hydrogen-bond acceptors (Lipinski definition) is 0. The van der Waals surface area contributed by atoms with Gasteiger partial charge in [0.25, 0.3) is 0 Å². The molecule has 0 radical (unpaired) electrons. The molecule has 2 nitrogen and oxygen atoms in total. The number of nitrogens with zero attached hydrogens (tertiary/aromatic N) is 2. The first-order valence-corrected chi connectivity index (χ1v) is 21.3. The van der Waals surface area contributed by atoms with E-state index in [0.29, 0.717) is 0 Å². The minimum Gasteiger partial charge on any atom is -0.309 e. The van der Waals surface area contributed by atoms with Crippen molar-refractivity contribution in [3.63, 3.8) is 0 Å². The highest BCUT2D eigenvalue weighted by atomic mass is 15.0. The third-order valence-corrected chi connectivity index (χ3v) is 12.5. The maximum absolute atomic E-state index is 2.48. The molecular formula is C60H40N2. The van der Waals surface area contributed by atoms with Gasteiger partial charge in [0.05, 0.1) is 33.4 Å². The molecule has 0 amide bonds. The Morgan fingerprint density at radius 2 is 0.435 bits per heavy atom. The smallest absolute Gasteiger partial charge is 0.0541 e. The fourth-order valence-corrected chi connectivity index (χ4v) is 9.60. The number of aromatic nitrogens is 2. The van der Waals surface area contributed by atoms with E-state index in [9.17, 15) is 0 Å². The third-order valence-electron chi connectivity index (χ3n) is 12.5. The molecule has 2 heteroatoms. The lowest BCUT2D eigenvalue weighted by molar-refractivity contribution is 1.16. The molecule has 0 aliphatic heterocycles. The van der Waals surface area contributed by atoms with Crippen molar-refractivity contribution in [1.29, 1.82) is 0 Å². The van der Waals surface area contributed by atoms with Gasteiger partial charge in [-0.25, -0.2) is 0 Å². The summed E-state index contributed by atoms with van der Waals surface area (Å²) in [5, 5.41) is 4.92. The van der Waals surface area contributed by atoms with E-state index in [1.165, 1.54) is 88.1 Å². The lowest BCUT2D eigenvalue weighted by Crippen LogP contribution is -2.01. The van der Waals surface area contributed by atoms with E-state index in [4.69, 9.17) is 0 Å². The zero-order valence-electron chi connectivity index (χ0n) is 34.0. The number of para-hydroxylation sites is 2. The largest absolute Gasteiger partial charge is 0.309 e. The van der Waals surface area contributed by atoms with Crippen LogP contribution in [0.5, 0.6) is 0 Å². The topological polar surface area (TPSA) is 9.86 Å². The summed E-state index contributed by atoms with van der Waals surface area (Å²) in [5.41, 5.74) is 19.0. The Balaban J connectivity index is 1.10. The van der Waals surface area contributed by atoms with Crippen LogP contribution in [-0.2, 0) is 0 Å². The molecule has 0 saturated heterocycles. The molecule has 0 N–H and O–H groups in total. The molecule has 10 aromatic carbocycles. The van der Waals surface area contributed by atoms with E-state index < -0.39 is 0 Å². The standard InChI is InChI=1S/C60H40N2/c1-5-17-41(18-6-1)45-29-33-57-51(37-45)52-38-46(42-19-7-2-8-20-42)30-34-58(52)61(57)55-27-15-13-25-49(55)50-26-14-16-28-56(50)62-59-35-31-47(43-21-9-3-10-22-43)39-53(59)54-40-48(32-36-60(54)62)44-23-11-4-12-24-44/h1-40H. The molecule has 0 unspecified atom stereocenters. The van der Waals surface area contributed by atoms with Gasteiger partial charge in [-0.15, -0.1) is 0 Å². The van der Waals surface area contributed by atoms with Gasteiger partial charge in [0, 0.05) is 32.7 Å². The summed E-state index contributed by atoms with van der Waals surface area (Å²) in [4.78, 5) is 0. The summed E-state index contributed by atoms with van der Waals surface area (Å²) in [6.45, 7) is 0. The van der Waals surface area contributed by atoms with Gasteiger partial charge in [0.2, 0.25) is 0 Å². The van der Waals surface area contributed by atoms with Gasteiger partial charge in [-0.05, 0) is 105 Å². The first-order valence-electron chi connectivity index (χ1n) is 21.3. The summed E-state index contributed by atoms with van der Waals surface area (Å²) in [5.74, 6) is 0. The van der Waals surface area contributed by atoms with Crippen molar-refractivity contribution in [3.8, 4) is 67.0 Å². The average Bonchev–Trinajstić information content (AvgIpc) is 3.86. The van der Waals surface area contributed by atoms with Crippen LogP contribution < -0.4 is 0 Å². The lowest BCUT2D eigenvalue weighted by Gasteiger charge is -2.18.